The molecule has 0 saturated carbocycles. The van der Waals surface area contributed by atoms with Gasteiger partial charge in [-0.2, -0.15) is 0 Å². The lowest BCUT2D eigenvalue weighted by Crippen LogP contribution is -2.39. The van der Waals surface area contributed by atoms with Crippen LogP contribution in [0.5, 0.6) is 0 Å². The maximum Gasteiger partial charge on any atom is 0.164 e. The molecule has 27 heavy (non-hydrogen) atoms. The van der Waals surface area contributed by atoms with Gasteiger partial charge in [-0.05, 0) is 30.7 Å². The van der Waals surface area contributed by atoms with Gasteiger partial charge in [-0.15, -0.1) is 0 Å². The number of aryl methyl sites for hydroxylation is 1. The van der Waals surface area contributed by atoms with Crippen molar-refractivity contribution in [3.05, 3.63) is 63.6 Å². The maximum absolute atomic E-state index is 12.1. The van der Waals surface area contributed by atoms with Crippen LogP contribution in [0.15, 0.2) is 47.5 Å². The summed E-state index contributed by atoms with van der Waals surface area (Å²) in [5.74, 6) is 0.953. The van der Waals surface area contributed by atoms with Crippen molar-refractivity contribution in [2.45, 2.75) is 24.8 Å². The lowest BCUT2D eigenvalue weighted by Gasteiger charge is -2.27. The number of nitrogens with zero attached hydrogens (tertiary/aromatic N) is 2. The molecule has 2 aliphatic rings. The Bertz CT molecular complexity index is 1000. The Morgan fingerprint density at radius 1 is 1.15 bits per heavy atom. The number of sulfone groups is 1. The van der Waals surface area contributed by atoms with Crippen LogP contribution >= 0.6 is 35.0 Å². The summed E-state index contributed by atoms with van der Waals surface area (Å²) in [5, 5.41) is 1.86. The molecule has 1 fully saturated rings. The first-order valence-electron chi connectivity index (χ1n) is 8.53. The molecule has 4 rings (SSSR count). The predicted molar refractivity (Wildman–Crippen MR) is 115 cm³/mol. The summed E-state index contributed by atoms with van der Waals surface area (Å²) in [6, 6.07) is 13.2. The van der Waals surface area contributed by atoms with E-state index in [1.165, 1.54) is 11.1 Å². The highest BCUT2D eigenvalue weighted by Gasteiger charge is 2.47. The van der Waals surface area contributed by atoms with Gasteiger partial charge in [0, 0.05) is 21.5 Å². The van der Waals surface area contributed by atoms with E-state index in [1.807, 2.05) is 23.1 Å². The monoisotopic (exact) mass is 440 g/mol. The lowest BCUT2D eigenvalue weighted by molar-refractivity contribution is 0.601. The van der Waals surface area contributed by atoms with E-state index >= 15 is 0 Å². The van der Waals surface area contributed by atoms with E-state index in [9.17, 15) is 8.42 Å². The fourth-order valence-electron chi connectivity index (χ4n) is 3.56. The molecule has 142 valence electrons. The van der Waals surface area contributed by atoms with Crippen molar-refractivity contribution in [1.29, 1.82) is 0 Å². The van der Waals surface area contributed by atoms with E-state index in [2.05, 4.69) is 25.1 Å². The molecule has 0 radical (unpaired) electrons. The molecule has 0 bridgehead atoms. The largest absolute Gasteiger partial charge is 0.315 e. The van der Waals surface area contributed by atoms with Crippen LogP contribution in [-0.4, -0.2) is 37.2 Å². The summed E-state index contributed by atoms with van der Waals surface area (Å²) in [6.07, 6.45) is 0. The molecular formula is C19H18Cl2N2O2S2. The molecular weight excluding hydrogens is 423 g/mol. The van der Waals surface area contributed by atoms with Crippen LogP contribution in [0, 0.1) is 6.92 Å². The first kappa shape index (κ1) is 19.1. The first-order valence-corrected chi connectivity index (χ1v) is 12.1. The van der Waals surface area contributed by atoms with Crippen LogP contribution in [0.1, 0.15) is 11.1 Å². The third-order valence-electron chi connectivity index (χ3n) is 4.68. The molecule has 0 spiro atoms. The SMILES string of the molecule is Cc1cccc(CSC2=N[C@H]3CS(=O)(=O)C[C@H]3N2c2cc(Cl)cc(Cl)c2)c1. The molecule has 2 aromatic rings. The van der Waals surface area contributed by atoms with Crippen LogP contribution < -0.4 is 4.90 Å². The predicted octanol–water partition coefficient (Wildman–Crippen LogP) is 4.58. The summed E-state index contributed by atoms with van der Waals surface area (Å²) >= 11 is 14.0. The van der Waals surface area contributed by atoms with Gasteiger partial charge in [-0.3, -0.25) is 4.99 Å². The molecule has 8 heteroatoms. The Morgan fingerprint density at radius 3 is 2.59 bits per heavy atom. The number of hydrogen-bond acceptors (Lipinski definition) is 5. The van der Waals surface area contributed by atoms with Gasteiger partial charge in [-0.1, -0.05) is 64.8 Å². The van der Waals surface area contributed by atoms with Crippen molar-refractivity contribution in [2.75, 3.05) is 16.4 Å². The minimum Gasteiger partial charge on any atom is -0.315 e. The van der Waals surface area contributed by atoms with E-state index in [4.69, 9.17) is 28.2 Å². The Kier molecular flexibility index (Phi) is 5.18. The van der Waals surface area contributed by atoms with Gasteiger partial charge in [-0.25, -0.2) is 8.42 Å². The average Bonchev–Trinajstić information content (AvgIpc) is 3.03. The smallest absolute Gasteiger partial charge is 0.164 e. The van der Waals surface area contributed by atoms with E-state index < -0.39 is 9.84 Å². The molecule has 1 saturated heterocycles. The van der Waals surface area contributed by atoms with Crippen molar-refractivity contribution >= 4 is 55.7 Å². The summed E-state index contributed by atoms with van der Waals surface area (Å²) in [7, 11) is -3.09. The number of aliphatic imine (C=N–C) groups is 1. The Labute approximate surface area is 173 Å². The molecule has 0 aliphatic carbocycles. The Balaban J connectivity index is 1.65. The van der Waals surface area contributed by atoms with Crippen LogP contribution in [-0.2, 0) is 15.6 Å². The second-order valence-corrected chi connectivity index (χ2v) is 10.9. The number of benzene rings is 2. The molecule has 0 amide bonds. The van der Waals surface area contributed by atoms with Gasteiger partial charge in [0.1, 0.15) is 0 Å². The van der Waals surface area contributed by atoms with Gasteiger partial charge in [0.05, 0.1) is 23.6 Å². The highest BCUT2D eigenvalue weighted by atomic mass is 35.5. The van der Waals surface area contributed by atoms with Crippen molar-refractivity contribution < 1.29 is 8.42 Å². The number of anilines is 1. The number of hydrogen-bond donors (Lipinski definition) is 0. The van der Waals surface area contributed by atoms with Crippen LogP contribution in [0.25, 0.3) is 0 Å². The van der Waals surface area contributed by atoms with E-state index in [1.54, 1.807) is 17.8 Å². The van der Waals surface area contributed by atoms with Crippen molar-refractivity contribution in [1.82, 2.24) is 0 Å². The molecule has 2 aliphatic heterocycles. The van der Waals surface area contributed by atoms with Crippen LogP contribution in [0.2, 0.25) is 10.0 Å². The Hall–Kier alpha value is -1.21. The number of halogens is 2. The molecule has 2 aromatic carbocycles. The average molecular weight is 441 g/mol. The number of fused-ring (bicyclic) bond motifs is 1. The fourth-order valence-corrected chi connectivity index (χ4v) is 6.99. The maximum atomic E-state index is 12.1. The summed E-state index contributed by atoms with van der Waals surface area (Å²) < 4.78 is 24.2. The highest BCUT2D eigenvalue weighted by Crippen LogP contribution is 2.37. The minimum atomic E-state index is -3.09. The zero-order valence-electron chi connectivity index (χ0n) is 14.6. The Morgan fingerprint density at radius 2 is 1.89 bits per heavy atom. The second-order valence-electron chi connectivity index (χ2n) is 6.90. The minimum absolute atomic E-state index is 0.0942. The van der Waals surface area contributed by atoms with Crippen LogP contribution in [0.3, 0.4) is 0 Å². The molecule has 0 aromatic heterocycles. The van der Waals surface area contributed by atoms with Gasteiger partial charge < -0.3 is 4.90 Å². The van der Waals surface area contributed by atoms with Gasteiger partial charge >= 0.3 is 0 Å². The number of amidine groups is 1. The second kappa shape index (κ2) is 7.32. The third-order valence-corrected chi connectivity index (χ3v) is 7.86. The van der Waals surface area contributed by atoms with E-state index in [-0.39, 0.29) is 23.6 Å². The van der Waals surface area contributed by atoms with Crippen molar-refractivity contribution in [3.8, 4) is 0 Å². The zero-order valence-corrected chi connectivity index (χ0v) is 17.7. The summed E-state index contributed by atoms with van der Waals surface area (Å²) in [6.45, 7) is 2.07. The van der Waals surface area contributed by atoms with Crippen LogP contribution in [0.4, 0.5) is 5.69 Å². The fraction of sp³-hybridized carbons (Fsp3) is 0.316. The number of thioether (sulfide) groups is 1. The summed E-state index contributed by atoms with van der Waals surface area (Å²) in [4.78, 5) is 6.73. The highest BCUT2D eigenvalue weighted by molar-refractivity contribution is 8.13. The molecule has 2 heterocycles. The topological polar surface area (TPSA) is 49.7 Å². The zero-order chi connectivity index (χ0) is 19.2. The van der Waals surface area contributed by atoms with Crippen molar-refractivity contribution in [2.24, 2.45) is 4.99 Å². The van der Waals surface area contributed by atoms with Gasteiger partial charge in [0.2, 0.25) is 0 Å². The standard InChI is InChI=1S/C19H18Cl2N2O2S2/c1-12-3-2-4-13(5-12)9-26-19-22-17-10-27(24,25)11-18(17)23(19)16-7-14(20)6-15(21)8-16/h2-8,17-18H,9-11H2,1H3/t17-,18+/m0/s1. The normalized spacial score (nSPS) is 23.4. The quantitative estimate of drug-likeness (QED) is 0.700. The molecule has 4 nitrogen and oxygen atoms in total. The molecule has 2 atom stereocenters. The van der Waals surface area contributed by atoms with Gasteiger partial charge in [0.15, 0.2) is 15.0 Å². The van der Waals surface area contributed by atoms with Gasteiger partial charge in [0.25, 0.3) is 0 Å². The lowest BCUT2D eigenvalue weighted by atomic mass is 10.1. The number of rotatable bonds is 3. The van der Waals surface area contributed by atoms with E-state index in [0.29, 0.717) is 10.0 Å². The summed E-state index contributed by atoms with van der Waals surface area (Å²) in [5.41, 5.74) is 3.20. The van der Waals surface area contributed by atoms with E-state index in [0.717, 1.165) is 16.6 Å². The third kappa shape index (κ3) is 4.14. The van der Waals surface area contributed by atoms with Crippen molar-refractivity contribution in [3.63, 3.8) is 0 Å². The molecule has 0 unspecified atom stereocenters. The first-order chi connectivity index (χ1) is 12.8. The molecule has 0 N–H and O–H groups in total.